The highest BCUT2D eigenvalue weighted by Crippen LogP contribution is 2.25. The number of benzene rings is 1. The Morgan fingerprint density at radius 1 is 0.905 bits per heavy atom. The minimum absolute atomic E-state index is 0.176. The summed E-state index contributed by atoms with van der Waals surface area (Å²) in [5.74, 6) is 0.176. The first kappa shape index (κ1) is 17.7. The van der Waals surface area contributed by atoms with Gasteiger partial charge in [0.05, 0.1) is 5.56 Å². The van der Waals surface area contributed by atoms with Crippen LogP contribution in [0, 0.1) is 0 Å². The molecule has 0 saturated carbocycles. The monoisotopic (exact) mass is 290 g/mol. The van der Waals surface area contributed by atoms with Crippen molar-refractivity contribution in [2.24, 2.45) is 0 Å². The van der Waals surface area contributed by atoms with Gasteiger partial charge < -0.3 is 5.11 Å². The van der Waals surface area contributed by atoms with E-state index in [2.05, 4.69) is 19.9 Å². The van der Waals surface area contributed by atoms with E-state index in [1.165, 1.54) is 50.5 Å². The molecule has 0 saturated heterocycles. The number of hydrogen-bond acceptors (Lipinski definition) is 2. The van der Waals surface area contributed by atoms with Crippen LogP contribution in [-0.4, -0.2) is 11.4 Å². The molecule has 0 spiro atoms. The number of carbonyl (C=O) groups excluding carboxylic acids is 1. The molecule has 118 valence electrons. The minimum atomic E-state index is 0.176. The van der Waals surface area contributed by atoms with Gasteiger partial charge >= 0.3 is 0 Å². The van der Waals surface area contributed by atoms with Crippen molar-refractivity contribution in [2.45, 2.75) is 78.1 Å². The first-order valence-electron chi connectivity index (χ1n) is 8.52. The number of carbonyl (C=O) groups is 1. The average molecular weight is 290 g/mol. The first-order chi connectivity index (χ1) is 10.2. The fourth-order valence-electron chi connectivity index (χ4n) is 2.77. The molecule has 0 bridgehead atoms. The Balaban J connectivity index is 2.47. The number of aldehydes is 1. The lowest BCUT2D eigenvalue weighted by Gasteiger charge is -2.10. The van der Waals surface area contributed by atoms with Gasteiger partial charge in [0.1, 0.15) is 5.75 Å². The molecule has 1 N–H and O–H groups in total. The summed E-state index contributed by atoms with van der Waals surface area (Å²) >= 11 is 0. The molecule has 0 aliphatic rings. The van der Waals surface area contributed by atoms with Crippen LogP contribution in [0.2, 0.25) is 0 Å². The predicted octanol–water partition coefficient (Wildman–Crippen LogP) is 5.45. The van der Waals surface area contributed by atoms with Crippen LogP contribution in [0.3, 0.4) is 0 Å². The van der Waals surface area contributed by atoms with Crippen LogP contribution < -0.4 is 0 Å². The van der Waals surface area contributed by atoms with Crippen molar-refractivity contribution < 1.29 is 9.90 Å². The second-order valence-corrected chi connectivity index (χ2v) is 5.93. The van der Waals surface area contributed by atoms with Crippen LogP contribution in [0.25, 0.3) is 0 Å². The molecule has 0 amide bonds. The zero-order valence-corrected chi connectivity index (χ0v) is 13.7. The van der Waals surface area contributed by atoms with E-state index in [4.69, 9.17) is 0 Å². The molecule has 0 aliphatic carbocycles. The van der Waals surface area contributed by atoms with E-state index in [1.54, 1.807) is 0 Å². The van der Waals surface area contributed by atoms with Crippen molar-refractivity contribution in [3.05, 3.63) is 28.8 Å². The summed E-state index contributed by atoms with van der Waals surface area (Å²) in [7, 11) is 0. The third-order valence-corrected chi connectivity index (χ3v) is 3.99. The number of phenols is 1. The van der Waals surface area contributed by atoms with Crippen molar-refractivity contribution in [1.82, 2.24) is 0 Å². The van der Waals surface area contributed by atoms with E-state index in [0.29, 0.717) is 5.56 Å². The normalized spacial score (nSPS) is 10.8. The topological polar surface area (TPSA) is 37.3 Å². The van der Waals surface area contributed by atoms with Crippen LogP contribution in [-0.2, 0) is 12.8 Å². The Morgan fingerprint density at radius 2 is 1.57 bits per heavy atom. The summed E-state index contributed by atoms with van der Waals surface area (Å²) in [6.45, 7) is 4.33. The Hall–Kier alpha value is -1.31. The van der Waals surface area contributed by atoms with Crippen LogP contribution in [0.5, 0.6) is 5.75 Å². The maximum Gasteiger partial charge on any atom is 0.153 e. The molecule has 1 rings (SSSR count). The Morgan fingerprint density at radius 3 is 2.19 bits per heavy atom. The van der Waals surface area contributed by atoms with Crippen molar-refractivity contribution in [1.29, 1.82) is 0 Å². The quantitative estimate of drug-likeness (QED) is 0.434. The van der Waals surface area contributed by atoms with E-state index in [9.17, 15) is 9.90 Å². The maximum absolute atomic E-state index is 11.1. The summed E-state index contributed by atoms with van der Waals surface area (Å²) in [4.78, 5) is 11.1. The highest BCUT2D eigenvalue weighted by molar-refractivity contribution is 5.80. The molecule has 0 radical (unpaired) electrons. The molecule has 0 unspecified atom stereocenters. The SMILES string of the molecule is CCCCCCCCCc1cc(C=O)c(O)c(CCC)c1. The van der Waals surface area contributed by atoms with Gasteiger partial charge in [-0.15, -0.1) is 0 Å². The molecule has 21 heavy (non-hydrogen) atoms. The summed E-state index contributed by atoms with van der Waals surface area (Å²) in [5, 5.41) is 10.0. The molecule has 2 heteroatoms. The Bertz CT molecular complexity index is 424. The van der Waals surface area contributed by atoms with Gasteiger partial charge in [-0.2, -0.15) is 0 Å². The highest BCUT2D eigenvalue weighted by Gasteiger charge is 2.09. The summed E-state index contributed by atoms with van der Waals surface area (Å²) in [6, 6.07) is 3.92. The molecule has 0 aliphatic heterocycles. The lowest BCUT2D eigenvalue weighted by Crippen LogP contribution is -1.95. The van der Waals surface area contributed by atoms with E-state index in [1.807, 2.05) is 6.07 Å². The van der Waals surface area contributed by atoms with Crippen molar-refractivity contribution in [3.63, 3.8) is 0 Å². The van der Waals surface area contributed by atoms with Gasteiger partial charge in [-0.1, -0.05) is 64.9 Å². The van der Waals surface area contributed by atoms with Gasteiger partial charge in [0.15, 0.2) is 6.29 Å². The van der Waals surface area contributed by atoms with E-state index in [0.717, 1.165) is 31.1 Å². The van der Waals surface area contributed by atoms with Crippen LogP contribution in [0.4, 0.5) is 0 Å². The number of hydrogen-bond donors (Lipinski definition) is 1. The number of aromatic hydroxyl groups is 1. The van der Waals surface area contributed by atoms with E-state index >= 15 is 0 Å². The predicted molar refractivity (Wildman–Crippen MR) is 89.2 cm³/mol. The lowest BCUT2D eigenvalue weighted by atomic mass is 9.97. The number of rotatable bonds is 11. The van der Waals surface area contributed by atoms with Gasteiger partial charge in [-0.25, -0.2) is 0 Å². The highest BCUT2D eigenvalue weighted by atomic mass is 16.3. The van der Waals surface area contributed by atoms with Gasteiger partial charge in [-0.3, -0.25) is 4.79 Å². The smallest absolute Gasteiger partial charge is 0.153 e. The molecule has 1 aromatic carbocycles. The molecule has 0 aromatic heterocycles. The standard InChI is InChI=1S/C19H30O2/c1-3-5-6-7-8-9-10-12-16-13-17(11-4-2)19(21)18(14-16)15-20/h13-15,21H,3-12H2,1-2H3. The molecule has 0 atom stereocenters. The van der Waals surface area contributed by atoms with Crippen molar-refractivity contribution in [2.75, 3.05) is 0 Å². The van der Waals surface area contributed by atoms with Crippen LogP contribution >= 0.6 is 0 Å². The fraction of sp³-hybridized carbons (Fsp3) is 0.632. The first-order valence-corrected chi connectivity index (χ1v) is 8.52. The Labute approximate surface area is 129 Å². The second kappa shape index (κ2) is 10.4. The van der Waals surface area contributed by atoms with Gasteiger partial charge in [-0.05, 0) is 36.5 Å². The average Bonchev–Trinajstić information content (AvgIpc) is 2.49. The third-order valence-electron chi connectivity index (χ3n) is 3.99. The Kier molecular flexibility index (Phi) is 8.80. The molecule has 1 aromatic rings. The number of aryl methyl sites for hydroxylation is 2. The van der Waals surface area contributed by atoms with Gasteiger partial charge in [0, 0.05) is 0 Å². The summed E-state index contributed by atoms with van der Waals surface area (Å²) < 4.78 is 0. The number of unbranched alkanes of at least 4 members (excludes halogenated alkanes) is 6. The summed E-state index contributed by atoms with van der Waals surface area (Å²) in [6.07, 6.45) is 12.6. The molecule has 2 nitrogen and oxygen atoms in total. The fourth-order valence-corrected chi connectivity index (χ4v) is 2.77. The zero-order valence-electron chi connectivity index (χ0n) is 13.7. The van der Waals surface area contributed by atoms with Crippen LogP contribution in [0.1, 0.15) is 86.7 Å². The second-order valence-electron chi connectivity index (χ2n) is 5.93. The van der Waals surface area contributed by atoms with Gasteiger partial charge in [0.25, 0.3) is 0 Å². The maximum atomic E-state index is 11.1. The van der Waals surface area contributed by atoms with Crippen LogP contribution in [0.15, 0.2) is 12.1 Å². The van der Waals surface area contributed by atoms with E-state index < -0.39 is 0 Å². The summed E-state index contributed by atoms with van der Waals surface area (Å²) in [5.41, 5.74) is 2.55. The molecular weight excluding hydrogens is 260 g/mol. The lowest BCUT2D eigenvalue weighted by molar-refractivity contribution is 0.112. The number of phenolic OH excluding ortho intramolecular Hbond substituents is 1. The van der Waals surface area contributed by atoms with E-state index in [-0.39, 0.29) is 5.75 Å². The minimum Gasteiger partial charge on any atom is -0.507 e. The third kappa shape index (κ3) is 6.33. The van der Waals surface area contributed by atoms with Gasteiger partial charge in [0.2, 0.25) is 0 Å². The largest absolute Gasteiger partial charge is 0.507 e. The molecule has 0 fully saturated rings. The molecular formula is C19H30O2. The molecule has 0 heterocycles. The van der Waals surface area contributed by atoms with Crippen molar-refractivity contribution >= 4 is 6.29 Å². The van der Waals surface area contributed by atoms with Crippen molar-refractivity contribution in [3.8, 4) is 5.75 Å². The zero-order chi connectivity index (χ0) is 15.5.